The summed E-state index contributed by atoms with van der Waals surface area (Å²) in [5, 5.41) is 9.31. The third-order valence-corrected chi connectivity index (χ3v) is 3.84. The van der Waals surface area contributed by atoms with Gasteiger partial charge in [0.05, 0.1) is 0 Å². The smallest absolute Gasteiger partial charge is 0.192 e. The van der Waals surface area contributed by atoms with Crippen molar-refractivity contribution in [2.24, 2.45) is 7.05 Å². The highest BCUT2D eigenvalue weighted by Crippen LogP contribution is 2.23. The van der Waals surface area contributed by atoms with Crippen LogP contribution < -0.4 is 5.32 Å². The molecule has 0 aliphatic heterocycles. The van der Waals surface area contributed by atoms with Crippen molar-refractivity contribution in [1.29, 1.82) is 0 Å². The highest BCUT2D eigenvalue weighted by Gasteiger charge is 2.19. The third kappa shape index (κ3) is 2.88. The lowest BCUT2D eigenvalue weighted by molar-refractivity contribution is 0.682. The van der Waals surface area contributed by atoms with Gasteiger partial charge in [-0.15, -0.1) is 0 Å². The Bertz CT molecular complexity index is 518. The molecule has 1 saturated carbocycles. The van der Waals surface area contributed by atoms with E-state index >= 15 is 0 Å². The summed E-state index contributed by atoms with van der Waals surface area (Å²) >= 11 is 1.52. The van der Waals surface area contributed by atoms with Crippen LogP contribution in [0.1, 0.15) is 18.4 Å². The van der Waals surface area contributed by atoms with Crippen molar-refractivity contribution in [2.45, 2.75) is 35.6 Å². The summed E-state index contributed by atoms with van der Waals surface area (Å²) in [6, 6.07) is 4.88. The fourth-order valence-electron chi connectivity index (χ4n) is 1.60. The summed E-state index contributed by atoms with van der Waals surface area (Å²) in [6.07, 6.45) is 6.10. The molecule has 2 heterocycles. The first-order valence-corrected chi connectivity index (χ1v) is 6.83. The topological polar surface area (TPSA) is 55.6 Å². The Morgan fingerprint density at radius 2 is 2.28 bits per heavy atom. The van der Waals surface area contributed by atoms with Crippen LogP contribution in [0.15, 0.2) is 34.8 Å². The van der Waals surface area contributed by atoms with E-state index in [4.69, 9.17) is 0 Å². The van der Waals surface area contributed by atoms with E-state index in [1.807, 2.05) is 19.3 Å². The number of aryl methyl sites for hydroxylation is 1. The maximum atomic E-state index is 4.43. The molecule has 3 rings (SSSR count). The van der Waals surface area contributed by atoms with Crippen molar-refractivity contribution in [3.05, 3.63) is 30.2 Å². The Kier molecular flexibility index (Phi) is 3.29. The first-order chi connectivity index (χ1) is 8.81. The fraction of sp³-hybridized carbons (Fsp3) is 0.417. The van der Waals surface area contributed by atoms with E-state index in [9.17, 15) is 0 Å². The van der Waals surface area contributed by atoms with Crippen LogP contribution >= 0.6 is 11.8 Å². The summed E-state index contributed by atoms with van der Waals surface area (Å²) in [6.45, 7) is 0.909. The van der Waals surface area contributed by atoms with Gasteiger partial charge in [-0.2, -0.15) is 5.10 Å². The molecule has 0 saturated heterocycles. The van der Waals surface area contributed by atoms with E-state index in [0.717, 1.165) is 22.8 Å². The molecule has 2 aromatic heterocycles. The molecule has 2 aromatic rings. The Balaban J connectivity index is 1.61. The van der Waals surface area contributed by atoms with Gasteiger partial charge < -0.3 is 5.32 Å². The zero-order valence-corrected chi connectivity index (χ0v) is 11.0. The van der Waals surface area contributed by atoms with Gasteiger partial charge in [-0.3, -0.25) is 0 Å². The summed E-state index contributed by atoms with van der Waals surface area (Å²) in [7, 11) is 1.88. The molecule has 18 heavy (non-hydrogen) atoms. The minimum absolute atomic E-state index is 0.734. The van der Waals surface area contributed by atoms with Crippen LogP contribution in [0.3, 0.4) is 0 Å². The van der Waals surface area contributed by atoms with Crippen molar-refractivity contribution < 1.29 is 0 Å². The molecule has 0 radical (unpaired) electrons. The van der Waals surface area contributed by atoms with Crippen molar-refractivity contribution in [2.75, 3.05) is 0 Å². The van der Waals surface area contributed by atoms with Crippen molar-refractivity contribution in [3.8, 4) is 0 Å². The van der Waals surface area contributed by atoms with Crippen molar-refractivity contribution in [1.82, 2.24) is 25.1 Å². The zero-order chi connectivity index (χ0) is 12.4. The molecule has 1 N–H and O–H groups in total. The maximum absolute atomic E-state index is 4.43. The van der Waals surface area contributed by atoms with Gasteiger partial charge in [-0.1, -0.05) is 6.07 Å². The highest BCUT2D eigenvalue weighted by molar-refractivity contribution is 7.99. The van der Waals surface area contributed by atoms with Crippen molar-refractivity contribution in [3.63, 3.8) is 0 Å². The zero-order valence-electron chi connectivity index (χ0n) is 10.2. The van der Waals surface area contributed by atoms with Gasteiger partial charge >= 0.3 is 0 Å². The van der Waals surface area contributed by atoms with Crippen LogP contribution in [0.2, 0.25) is 0 Å². The molecule has 6 heteroatoms. The van der Waals surface area contributed by atoms with E-state index in [1.165, 1.54) is 30.2 Å². The highest BCUT2D eigenvalue weighted by atomic mass is 32.2. The van der Waals surface area contributed by atoms with Crippen LogP contribution in [-0.2, 0) is 13.6 Å². The quantitative estimate of drug-likeness (QED) is 0.886. The lowest BCUT2D eigenvalue weighted by Gasteiger charge is -2.04. The Labute approximate surface area is 110 Å². The standard InChI is InChI=1S/C12H15N5S/c1-17-12(15-8-16-17)18-11-5-2-9(7-14-11)6-13-10-3-4-10/h2,5,7-8,10,13H,3-4,6H2,1H3. The monoisotopic (exact) mass is 261 g/mol. The van der Waals surface area contributed by atoms with Crippen LogP contribution in [0.4, 0.5) is 0 Å². The average Bonchev–Trinajstić information content (AvgIpc) is 3.13. The van der Waals surface area contributed by atoms with E-state index in [2.05, 4.69) is 26.4 Å². The van der Waals surface area contributed by atoms with Gasteiger partial charge in [-0.25, -0.2) is 14.6 Å². The summed E-state index contributed by atoms with van der Waals surface area (Å²) in [4.78, 5) is 8.60. The first-order valence-electron chi connectivity index (χ1n) is 6.01. The Hall–Kier alpha value is -1.40. The van der Waals surface area contributed by atoms with Crippen LogP contribution in [0.5, 0.6) is 0 Å². The molecule has 1 fully saturated rings. The third-order valence-electron chi connectivity index (χ3n) is 2.84. The second-order valence-electron chi connectivity index (χ2n) is 4.43. The second kappa shape index (κ2) is 5.07. The molecule has 0 amide bonds. The minimum Gasteiger partial charge on any atom is -0.310 e. The van der Waals surface area contributed by atoms with E-state index < -0.39 is 0 Å². The Morgan fingerprint density at radius 1 is 1.39 bits per heavy atom. The van der Waals surface area contributed by atoms with E-state index in [-0.39, 0.29) is 0 Å². The predicted molar refractivity (Wildman–Crippen MR) is 69.2 cm³/mol. The van der Waals surface area contributed by atoms with Crippen LogP contribution in [0.25, 0.3) is 0 Å². The summed E-state index contributed by atoms with van der Waals surface area (Å²) < 4.78 is 1.74. The normalized spacial score (nSPS) is 14.9. The molecule has 5 nitrogen and oxygen atoms in total. The number of aromatic nitrogens is 4. The van der Waals surface area contributed by atoms with Gasteiger partial charge in [-0.05, 0) is 36.2 Å². The molecular weight excluding hydrogens is 246 g/mol. The van der Waals surface area contributed by atoms with Gasteiger partial charge in [0, 0.05) is 25.8 Å². The number of hydrogen-bond acceptors (Lipinski definition) is 5. The number of hydrogen-bond donors (Lipinski definition) is 1. The second-order valence-corrected chi connectivity index (χ2v) is 5.42. The summed E-state index contributed by atoms with van der Waals surface area (Å²) in [5.74, 6) is 0. The predicted octanol–water partition coefficient (Wildman–Crippen LogP) is 1.61. The maximum Gasteiger partial charge on any atom is 0.192 e. The minimum atomic E-state index is 0.734. The number of rotatable bonds is 5. The van der Waals surface area contributed by atoms with Gasteiger partial charge in [0.2, 0.25) is 0 Å². The summed E-state index contributed by atoms with van der Waals surface area (Å²) in [5.41, 5.74) is 1.23. The molecule has 1 aliphatic rings. The molecule has 0 bridgehead atoms. The fourth-order valence-corrected chi connectivity index (χ4v) is 2.30. The molecule has 0 aromatic carbocycles. The van der Waals surface area contributed by atoms with E-state index in [0.29, 0.717) is 0 Å². The Morgan fingerprint density at radius 3 is 2.89 bits per heavy atom. The lowest BCUT2D eigenvalue weighted by atomic mass is 10.3. The molecule has 0 atom stereocenters. The number of nitrogens with one attached hydrogen (secondary N) is 1. The van der Waals surface area contributed by atoms with Gasteiger partial charge in [0.25, 0.3) is 0 Å². The first kappa shape index (κ1) is 11.7. The van der Waals surface area contributed by atoms with Gasteiger partial charge in [0.1, 0.15) is 11.4 Å². The molecule has 0 unspecified atom stereocenters. The lowest BCUT2D eigenvalue weighted by Crippen LogP contribution is -2.15. The van der Waals surface area contributed by atoms with E-state index in [1.54, 1.807) is 11.0 Å². The number of pyridine rings is 1. The van der Waals surface area contributed by atoms with Crippen LogP contribution in [-0.4, -0.2) is 25.8 Å². The molecule has 94 valence electrons. The van der Waals surface area contributed by atoms with Crippen LogP contribution in [0, 0.1) is 0 Å². The SMILES string of the molecule is Cn1ncnc1Sc1ccc(CNC2CC2)cn1. The largest absolute Gasteiger partial charge is 0.310 e. The molecule has 0 spiro atoms. The van der Waals surface area contributed by atoms with Crippen molar-refractivity contribution >= 4 is 11.8 Å². The number of nitrogens with zero attached hydrogens (tertiary/aromatic N) is 4. The molecule has 1 aliphatic carbocycles. The molecular formula is C12H15N5S. The average molecular weight is 261 g/mol. The van der Waals surface area contributed by atoms with Gasteiger partial charge in [0.15, 0.2) is 5.16 Å².